The molecule has 2 aromatic heterocycles. The third-order valence-electron chi connectivity index (χ3n) is 3.03. The van der Waals surface area contributed by atoms with E-state index in [4.69, 9.17) is 4.42 Å². The minimum Gasteiger partial charge on any atom is -0.452 e. The van der Waals surface area contributed by atoms with E-state index in [0.29, 0.717) is 24.2 Å². The molecule has 3 N–H and O–H groups in total. The highest BCUT2D eigenvalue weighted by Crippen LogP contribution is 2.27. The Labute approximate surface area is 129 Å². The minimum absolute atomic E-state index is 0.0373. The summed E-state index contributed by atoms with van der Waals surface area (Å²) in [6, 6.07) is 2.04. The van der Waals surface area contributed by atoms with Crippen LogP contribution in [0, 0.1) is 0 Å². The second-order valence-corrected chi connectivity index (χ2v) is 7.22. The fourth-order valence-corrected chi connectivity index (χ4v) is 3.74. The van der Waals surface area contributed by atoms with Gasteiger partial charge in [-0.1, -0.05) is 0 Å². The molecule has 0 aromatic carbocycles. The molecule has 3 rings (SSSR count). The maximum Gasteiger partial charge on any atom is 0.245 e. The lowest BCUT2D eigenvalue weighted by atomic mass is 10.4. The van der Waals surface area contributed by atoms with Crippen LogP contribution >= 0.6 is 15.9 Å². The van der Waals surface area contributed by atoms with Crippen molar-refractivity contribution in [2.24, 2.45) is 0 Å². The van der Waals surface area contributed by atoms with Crippen LogP contribution in [0.2, 0.25) is 0 Å². The van der Waals surface area contributed by atoms with E-state index in [1.165, 1.54) is 12.4 Å². The van der Waals surface area contributed by atoms with Crippen LogP contribution in [0.1, 0.15) is 24.4 Å². The van der Waals surface area contributed by atoms with Crippen LogP contribution in [0.3, 0.4) is 0 Å². The molecular weight excluding hydrogens is 362 g/mol. The third kappa shape index (κ3) is 3.70. The molecule has 10 heteroatoms. The topological polar surface area (TPSA) is 113 Å². The maximum absolute atomic E-state index is 12.2. The van der Waals surface area contributed by atoms with E-state index in [9.17, 15) is 8.42 Å². The van der Waals surface area contributed by atoms with Gasteiger partial charge in [-0.25, -0.2) is 18.1 Å². The first-order valence-corrected chi connectivity index (χ1v) is 8.68. The van der Waals surface area contributed by atoms with E-state index in [1.807, 2.05) is 0 Å². The number of nitrogens with one attached hydrogen (secondary N) is 3. The van der Waals surface area contributed by atoms with Crippen molar-refractivity contribution < 1.29 is 12.8 Å². The summed E-state index contributed by atoms with van der Waals surface area (Å²) < 4.78 is 32.5. The number of aromatic nitrogens is 3. The quantitative estimate of drug-likeness (QED) is 0.662. The molecule has 1 fully saturated rings. The van der Waals surface area contributed by atoms with Crippen LogP contribution in [0.5, 0.6) is 0 Å². The molecule has 21 heavy (non-hydrogen) atoms. The van der Waals surface area contributed by atoms with E-state index >= 15 is 0 Å². The molecule has 0 radical (unpaired) electrons. The van der Waals surface area contributed by atoms with Gasteiger partial charge in [-0.3, -0.25) is 5.10 Å². The number of rotatable bonds is 7. The zero-order valence-electron chi connectivity index (χ0n) is 11.0. The fraction of sp³-hybridized carbons (Fsp3) is 0.455. The number of hydrogen-bond donors (Lipinski definition) is 3. The van der Waals surface area contributed by atoms with Gasteiger partial charge in [-0.2, -0.15) is 5.10 Å². The van der Waals surface area contributed by atoms with Crippen LogP contribution < -0.4 is 10.0 Å². The number of sulfonamides is 1. The molecule has 1 aliphatic carbocycles. The molecule has 2 aromatic rings. The molecule has 0 amide bonds. The van der Waals surface area contributed by atoms with Crippen molar-refractivity contribution in [3.63, 3.8) is 0 Å². The summed E-state index contributed by atoms with van der Waals surface area (Å²) >= 11 is 3.14. The van der Waals surface area contributed by atoms with Gasteiger partial charge < -0.3 is 9.73 Å². The van der Waals surface area contributed by atoms with Gasteiger partial charge in [0.15, 0.2) is 4.67 Å². The van der Waals surface area contributed by atoms with Crippen LogP contribution in [-0.4, -0.2) is 29.6 Å². The van der Waals surface area contributed by atoms with Gasteiger partial charge in [0.05, 0.1) is 13.1 Å². The number of aromatic amines is 1. The van der Waals surface area contributed by atoms with E-state index < -0.39 is 10.0 Å². The molecule has 0 unspecified atom stereocenters. The van der Waals surface area contributed by atoms with Gasteiger partial charge in [0.2, 0.25) is 10.0 Å². The smallest absolute Gasteiger partial charge is 0.245 e. The second-order valence-electron chi connectivity index (χ2n) is 4.76. The summed E-state index contributed by atoms with van der Waals surface area (Å²) in [5, 5.41) is 9.51. The van der Waals surface area contributed by atoms with Crippen molar-refractivity contribution in [1.29, 1.82) is 0 Å². The Kier molecular flexibility index (Phi) is 4.11. The molecule has 1 aliphatic rings. The maximum atomic E-state index is 12.2. The van der Waals surface area contributed by atoms with E-state index in [2.05, 4.69) is 41.2 Å². The molecule has 1 saturated carbocycles. The lowest BCUT2D eigenvalue weighted by molar-refractivity contribution is 0.460. The summed E-state index contributed by atoms with van der Waals surface area (Å²) in [5.41, 5.74) is 0. The van der Waals surface area contributed by atoms with Crippen LogP contribution in [0.4, 0.5) is 0 Å². The molecule has 8 nitrogen and oxygen atoms in total. The Morgan fingerprint density at radius 2 is 2.24 bits per heavy atom. The highest BCUT2D eigenvalue weighted by molar-refractivity contribution is 9.10. The zero-order chi connectivity index (χ0) is 14.9. The molecule has 2 heterocycles. The lowest BCUT2D eigenvalue weighted by Crippen LogP contribution is -2.23. The average molecular weight is 376 g/mol. The van der Waals surface area contributed by atoms with Gasteiger partial charge in [0.1, 0.15) is 22.8 Å². The number of halogens is 1. The molecule has 0 spiro atoms. The first-order valence-electron chi connectivity index (χ1n) is 6.40. The highest BCUT2D eigenvalue weighted by atomic mass is 79.9. The average Bonchev–Trinajstić information content (AvgIpc) is 2.97. The standard InChI is InChI=1S/C11H14BrN5O3S/c12-11-9(3-8(20-11)4-13-7-1-2-7)21(18,19)16-5-10-14-6-15-17-10/h3,6-7,13,16H,1-2,4-5H2,(H,14,15,17). The van der Waals surface area contributed by atoms with Gasteiger partial charge in [0, 0.05) is 12.1 Å². The summed E-state index contributed by atoms with van der Waals surface area (Å²) in [5.74, 6) is 1.02. The van der Waals surface area contributed by atoms with Crippen molar-refractivity contribution in [3.05, 3.63) is 28.6 Å². The summed E-state index contributed by atoms with van der Waals surface area (Å²) in [6.07, 6.45) is 3.64. The second kappa shape index (κ2) is 5.87. The number of furan rings is 1. The SMILES string of the molecule is O=S(=O)(NCc1ncn[nH]1)c1cc(CNC2CC2)oc1Br. The van der Waals surface area contributed by atoms with Gasteiger partial charge in [-0.05, 0) is 28.8 Å². The molecule has 0 atom stereocenters. The number of hydrogen-bond acceptors (Lipinski definition) is 6. The van der Waals surface area contributed by atoms with Crippen molar-refractivity contribution in [1.82, 2.24) is 25.2 Å². The molecular formula is C11H14BrN5O3S. The Bertz CT molecular complexity index is 708. The van der Waals surface area contributed by atoms with Crippen molar-refractivity contribution in [3.8, 4) is 0 Å². The van der Waals surface area contributed by atoms with Crippen molar-refractivity contribution >= 4 is 26.0 Å². The molecule has 0 aliphatic heterocycles. The number of H-pyrrole nitrogens is 1. The summed E-state index contributed by atoms with van der Waals surface area (Å²) in [6.45, 7) is 0.552. The van der Waals surface area contributed by atoms with Gasteiger partial charge in [0.25, 0.3) is 0 Å². The first kappa shape index (κ1) is 14.7. The van der Waals surface area contributed by atoms with Crippen molar-refractivity contribution in [2.75, 3.05) is 0 Å². The first-order chi connectivity index (χ1) is 10.0. The zero-order valence-corrected chi connectivity index (χ0v) is 13.4. The minimum atomic E-state index is -3.68. The molecule has 114 valence electrons. The summed E-state index contributed by atoms with van der Waals surface area (Å²) in [4.78, 5) is 3.94. The van der Waals surface area contributed by atoms with E-state index in [0.717, 1.165) is 12.8 Å². The van der Waals surface area contributed by atoms with Crippen LogP contribution in [-0.2, 0) is 23.1 Å². The van der Waals surface area contributed by atoms with Gasteiger partial charge in [-0.15, -0.1) is 0 Å². The molecule has 0 bridgehead atoms. The monoisotopic (exact) mass is 375 g/mol. The largest absolute Gasteiger partial charge is 0.452 e. The lowest BCUT2D eigenvalue weighted by Gasteiger charge is -2.02. The Balaban J connectivity index is 1.68. The van der Waals surface area contributed by atoms with Gasteiger partial charge >= 0.3 is 0 Å². The third-order valence-corrected chi connectivity index (χ3v) is 5.29. The number of nitrogens with zero attached hydrogens (tertiary/aromatic N) is 2. The van der Waals surface area contributed by atoms with Crippen LogP contribution in [0.15, 0.2) is 26.4 Å². The fourth-order valence-electron chi connectivity index (χ4n) is 1.76. The Hall–Kier alpha value is -1.23. The Morgan fingerprint density at radius 3 is 2.90 bits per heavy atom. The molecule has 0 saturated heterocycles. The normalized spacial score (nSPS) is 15.5. The van der Waals surface area contributed by atoms with Crippen LogP contribution in [0.25, 0.3) is 0 Å². The predicted molar refractivity (Wildman–Crippen MR) is 76.7 cm³/mol. The Morgan fingerprint density at radius 1 is 1.43 bits per heavy atom. The van der Waals surface area contributed by atoms with E-state index in [-0.39, 0.29) is 16.1 Å². The predicted octanol–water partition coefficient (Wildman–Crippen LogP) is 0.891. The highest BCUT2D eigenvalue weighted by Gasteiger charge is 2.24. The summed E-state index contributed by atoms with van der Waals surface area (Å²) in [7, 11) is -3.68. The van der Waals surface area contributed by atoms with E-state index in [1.54, 1.807) is 0 Å². The van der Waals surface area contributed by atoms with Crippen molar-refractivity contribution in [2.45, 2.75) is 36.9 Å².